The third-order valence-corrected chi connectivity index (χ3v) is 6.87. The fourth-order valence-corrected chi connectivity index (χ4v) is 5.26. The summed E-state index contributed by atoms with van der Waals surface area (Å²) in [5.74, 6) is 0.680. The van der Waals surface area contributed by atoms with E-state index in [4.69, 9.17) is 4.98 Å². The topological polar surface area (TPSA) is 64.3 Å². The van der Waals surface area contributed by atoms with Crippen molar-refractivity contribution in [2.24, 2.45) is 5.92 Å². The maximum absolute atomic E-state index is 13.0. The van der Waals surface area contributed by atoms with Crippen LogP contribution in [0, 0.1) is 5.92 Å². The number of fused-ring (bicyclic) bond motifs is 2. The number of nitrogens with zero attached hydrogens (tertiary/aromatic N) is 3. The molecule has 1 aromatic rings. The molecular formula is C19H31Cl2N5O. The minimum atomic E-state index is -0.161. The standard InChI is InChI=1S/C19H29N5O.2ClH/c25-18(14-3-4-14)24-9-5-16-17(22-13-21-16)19(24)6-10-23(11-7-19)15-2-1-8-20-12-15;;/h13-15,20H,1-12H2,(H,21,22);2*1H. The molecule has 0 aromatic carbocycles. The van der Waals surface area contributed by atoms with Crippen LogP contribution in [0.25, 0.3) is 0 Å². The molecule has 2 saturated heterocycles. The van der Waals surface area contributed by atoms with Crippen molar-refractivity contribution in [2.45, 2.75) is 56.5 Å². The van der Waals surface area contributed by atoms with Crippen LogP contribution >= 0.6 is 24.8 Å². The number of hydrogen-bond donors (Lipinski definition) is 2. The molecule has 1 aromatic heterocycles. The van der Waals surface area contributed by atoms with Gasteiger partial charge in [-0.15, -0.1) is 24.8 Å². The summed E-state index contributed by atoms with van der Waals surface area (Å²) < 4.78 is 0. The van der Waals surface area contributed by atoms with Gasteiger partial charge in [0.25, 0.3) is 0 Å². The summed E-state index contributed by atoms with van der Waals surface area (Å²) >= 11 is 0. The second-order valence-electron chi connectivity index (χ2n) is 8.31. The number of carbonyl (C=O) groups excluding carboxylic acids is 1. The van der Waals surface area contributed by atoms with Crippen molar-refractivity contribution < 1.29 is 4.79 Å². The molecule has 6 nitrogen and oxygen atoms in total. The van der Waals surface area contributed by atoms with Gasteiger partial charge in [0.05, 0.1) is 17.6 Å². The van der Waals surface area contributed by atoms with Gasteiger partial charge in [-0.3, -0.25) is 9.69 Å². The molecule has 3 aliphatic heterocycles. The summed E-state index contributed by atoms with van der Waals surface area (Å²) in [6.07, 6.45) is 9.55. The van der Waals surface area contributed by atoms with Crippen LogP contribution in [0.1, 0.15) is 49.9 Å². The van der Waals surface area contributed by atoms with Crippen molar-refractivity contribution in [3.05, 3.63) is 17.7 Å². The quantitative estimate of drug-likeness (QED) is 0.775. The van der Waals surface area contributed by atoms with E-state index in [0.717, 1.165) is 70.5 Å². The molecule has 2 N–H and O–H groups in total. The molecule has 0 bridgehead atoms. The average molecular weight is 416 g/mol. The minimum absolute atomic E-state index is 0. The molecule has 27 heavy (non-hydrogen) atoms. The number of piperidine rings is 2. The lowest BCUT2D eigenvalue weighted by Gasteiger charge is -2.52. The van der Waals surface area contributed by atoms with E-state index in [-0.39, 0.29) is 36.3 Å². The first-order chi connectivity index (χ1) is 12.3. The van der Waals surface area contributed by atoms with Crippen LogP contribution in [0.4, 0.5) is 0 Å². The average Bonchev–Trinajstić information content (AvgIpc) is 3.40. The van der Waals surface area contributed by atoms with Crippen LogP contribution in [0.2, 0.25) is 0 Å². The molecule has 1 atom stereocenters. The molecule has 5 rings (SSSR count). The number of aromatic nitrogens is 2. The summed E-state index contributed by atoms with van der Waals surface area (Å²) in [6, 6.07) is 0.668. The zero-order valence-electron chi connectivity index (χ0n) is 15.8. The third kappa shape index (κ3) is 3.61. The van der Waals surface area contributed by atoms with Gasteiger partial charge in [0.2, 0.25) is 5.91 Å². The number of imidazole rings is 1. The Hall–Kier alpha value is -0.820. The summed E-state index contributed by atoms with van der Waals surface area (Å²) in [5, 5.41) is 3.54. The third-order valence-electron chi connectivity index (χ3n) is 6.87. The van der Waals surface area contributed by atoms with Gasteiger partial charge in [0.15, 0.2) is 0 Å². The van der Waals surface area contributed by atoms with E-state index in [2.05, 4.69) is 20.1 Å². The van der Waals surface area contributed by atoms with Gasteiger partial charge >= 0.3 is 0 Å². The monoisotopic (exact) mass is 415 g/mol. The molecule has 1 spiro atoms. The van der Waals surface area contributed by atoms with E-state index < -0.39 is 0 Å². The SMILES string of the molecule is Cl.Cl.O=C(C1CC1)N1CCc2[nH]cnc2C12CCN(C1CCCNC1)CC2. The Labute approximate surface area is 173 Å². The van der Waals surface area contributed by atoms with Crippen LogP contribution < -0.4 is 5.32 Å². The van der Waals surface area contributed by atoms with Crippen molar-refractivity contribution in [1.82, 2.24) is 25.1 Å². The second kappa shape index (κ2) is 8.27. The molecule has 1 aliphatic carbocycles. The van der Waals surface area contributed by atoms with Crippen molar-refractivity contribution in [3.8, 4) is 0 Å². The second-order valence-corrected chi connectivity index (χ2v) is 8.31. The highest BCUT2D eigenvalue weighted by atomic mass is 35.5. The lowest BCUT2D eigenvalue weighted by Crippen LogP contribution is -2.60. The largest absolute Gasteiger partial charge is 0.348 e. The van der Waals surface area contributed by atoms with Crippen LogP contribution in [0.3, 0.4) is 0 Å². The van der Waals surface area contributed by atoms with Gasteiger partial charge < -0.3 is 15.2 Å². The van der Waals surface area contributed by atoms with E-state index in [1.807, 2.05) is 6.33 Å². The van der Waals surface area contributed by atoms with Crippen LogP contribution in [0.15, 0.2) is 6.33 Å². The fraction of sp³-hybridized carbons (Fsp3) is 0.789. The molecule has 152 valence electrons. The van der Waals surface area contributed by atoms with Gasteiger partial charge in [-0.05, 0) is 45.1 Å². The zero-order valence-corrected chi connectivity index (χ0v) is 17.4. The number of nitrogens with one attached hydrogen (secondary N) is 2. The lowest BCUT2D eigenvalue weighted by atomic mass is 9.78. The highest BCUT2D eigenvalue weighted by Gasteiger charge is 2.51. The Bertz CT molecular complexity index is 648. The number of halogens is 2. The number of H-pyrrole nitrogens is 1. The van der Waals surface area contributed by atoms with Gasteiger partial charge in [0.1, 0.15) is 0 Å². The molecule has 1 saturated carbocycles. The summed E-state index contributed by atoms with van der Waals surface area (Å²) in [4.78, 5) is 25.9. The summed E-state index contributed by atoms with van der Waals surface area (Å²) in [5.41, 5.74) is 2.26. The molecule has 3 fully saturated rings. The normalized spacial score (nSPS) is 27.4. The number of likely N-dealkylation sites (tertiary alicyclic amines) is 1. The molecule has 1 unspecified atom stereocenters. The Morgan fingerprint density at radius 2 is 1.93 bits per heavy atom. The van der Waals surface area contributed by atoms with Crippen molar-refractivity contribution in [2.75, 3.05) is 32.7 Å². The molecule has 1 amide bonds. The molecule has 0 radical (unpaired) electrons. The number of carbonyl (C=O) groups is 1. The van der Waals surface area contributed by atoms with E-state index in [1.54, 1.807) is 0 Å². The highest BCUT2D eigenvalue weighted by molar-refractivity contribution is 5.85. The molecule has 4 aliphatic rings. The lowest BCUT2D eigenvalue weighted by molar-refractivity contribution is -0.143. The predicted octanol–water partition coefficient (Wildman–Crippen LogP) is 2.09. The summed E-state index contributed by atoms with van der Waals surface area (Å²) in [7, 11) is 0. The van der Waals surface area contributed by atoms with E-state index in [0.29, 0.717) is 11.9 Å². The van der Waals surface area contributed by atoms with E-state index in [9.17, 15) is 4.79 Å². The Balaban J connectivity index is 0.00000105. The number of hydrogen-bond acceptors (Lipinski definition) is 4. The predicted molar refractivity (Wildman–Crippen MR) is 110 cm³/mol. The first-order valence-corrected chi connectivity index (χ1v) is 10.1. The van der Waals surface area contributed by atoms with E-state index >= 15 is 0 Å². The van der Waals surface area contributed by atoms with Gasteiger partial charge in [-0.2, -0.15) is 0 Å². The smallest absolute Gasteiger partial charge is 0.226 e. The maximum atomic E-state index is 13.0. The van der Waals surface area contributed by atoms with Gasteiger partial charge in [-0.25, -0.2) is 4.98 Å². The Kier molecular flexibility index (Phi) is 6.41. The zero-order chi connectivity index (χ0) is 16.9. The molecule has 8 heteroatoms. The minimum Gasteiger partial charge on any atom is -0.348 e. The fourth-order valence-electron chi connectivity index (χ4n) is 5.26. The van der Waals surface area contributed by atoms with Gasteiger partial charge in [-0.1, -0.05) is 0 Å². The highest BCUT2D eigenvalue weighted by Crippen LogP contribution is 2.45. The van der Waals surface area contributed by atoms with Crippen LogP contribution in [-0.4, -0.2) is 64.4 Å². The van der Waals surface area contributed by atoms with Crippen LogP contribution in [-0.2, 0) is 16.8 Å². The number of amides is 1. The number of aromatic amines is 1. The summed E-state index contributed by atoms with van der Waals surface area (Å²) in [6.45, 7) is 5.29. The van der Waals surface area contributed by atoms with E-state index in [1.165, 1.54) is 18.5 Å². The first-order valence-electron chi connectivity index (χ1n) is 10.1. The van der Waals surface area contributed by atoms with Gasteiger partial charge in [0, 0.05) is 50.3 Å². The Morgan fingerprint density at radius 1 is 1.15 bits per heavy atom. The van der Waals surface area contributed by atoms with Crippen molar-refractivity contribution >= 4 is 30.7 Å². The molecular weight excluding hydrogens is 385 g/mol. The maximum Gasteiger partial charge on any atom is 0.226 e. The first kappa shape index (κ1) is 20.9. The molecule has 4 heterocycles. The Morgan fingerprint density at radius 3 is 2.59 bits per heavy atom. The van der Waals surface area contributed by atoms with Crippen molar-refractivity contribution in [3.63, 3.8) is 0 Å². The van der Waals surface area contributed by atoms with Crippen molar-refractivity contribution in [1.29, 1.82) is 0 Å². The number of rotatable bonds is 2. The van der Waals surface area contributed by atoms with Crippen LogP contribution in [0.5, 0.6) is 0 Å².